The lowest BCUT2D eigenvalue weighted by molar-refractivity contribution is 0.0794. The lowest BCUT2D eigenvalue weighted by atomic mass is 10.1. The molecule has 0 heterocycles. The molecule has 0 unspecified atom stereocenters. The molecule has 1 N–H and O–H groups in total. The third-order valence-corrected chi connectivity index (χ3v) is 3.95. The smallest absolute Gasteiger partial charge is 0.255 e. The predicted molar refractivity (Wildman–Crippen MR) is 99.3 cm³/mol. The number of carbonyl (C=O) groups excluding carboxylic acids is 2. The third kappa shape index (κ3) is 4.83. The minimum Gasteiger partial charge on any atom is -0.497 e. The molecular weight excluding hydrogens is 316 g/mol. The normalized spacial score (nSPS) is 10.2. The lowest BCUT2D eigenvalue weighted by Crippen LogP contribution is -2.28. The minimum atomic E-state index is -0.265. The largest absolute Gasteiger partial charge is 0.497 e. The number of rotatable bonds is 7. The van der Waals surface area contributed by atoms with E-state index in [0.29, 0.717) is 29.1 Å². The molecule has 2 aromatic carbocycles. The van der Waals surface area contributed by atoms with Crippen molar-refractivity contribution >= 4 is 17.5 Å². The van der Waals surface area contributed by atoms with Crippen LogP contribution in [0.3, 0.4) is 0 Å². The monoisotopic (exact) mass is 340 g/mol. The Kier molecular flexibility index (Phi) is 6.57. The number of carbonyl (C=O) groups is 2. The van der Waals surface area contributed by atoms with Gasteiger partial charge in [-0.2, -0.15) is 0 Å². The van der Waals surface area contributed by atoms with Crippen LogP contribution in [-0.2, 0) is 0 Å². The first-order valence-corrected chi connectivity index (χ1v) is 8.36. The van der Waals surface area contributed by atoms with E-state index < -0.39 is 0 Å². The molecule has 2 aromatic rings. The van der Waals surface area contributed by atoms with Crippen molar-refractivity contribution in [1.29, 1.82) is 0 Å². The van der Waals surface area contributed by atoms with E-state index in [4.69, 9.17) is 4.74 Å². The summed E-state index contributed by atoms with van der Waals surface area (Å²) in [6, 6.07) is 13.9. The Morgan fingerprint density at radius 3 is 2.40 bits per heavy atom. The minimum absolute atomic E-state index is 0.0981. The second-order valence-corrected chi connectivity index (χ2v) is 5.81. The van der Waals surface area contributed by atoms with Gasteiger partial charge in [-0.15, -0.1) is 0 Å². The van der Waals surface area contributed by atoms with Gasteiger partial charge in [0.25, 0.3) is 11.8 Å². The zero-order chi connectivity index (χ0) is 18.2. The van der Waals surface area contributed by atoms with Gasteiger partial charge in [0.2, 0.25) is 0 Å². The van der Waals surface area contributed by atoms with E-state index in [0.717, 1.165) is 12.8 Å². The number of nitrogens with one attached hydrogen (secondary N) is 1. The summed E-state index contributed by atoms with van der Waals surface area (Å²) in [5.41, 5.74) is 1.50. The van der Waals surface area contributed by atoms with Crippen molar-refractivity contribution in [3.05, 3.63) is 59.7 Å². The molecule has 132 valence electrons. The molecule has 0 aromatic heterocycles. The van der Waals surface area contributed by atoms with Crippen molar-refractivity contribution in [2.75, 3.05) is 26.0 Å². The van der Waals surface area contributed by atoms with Crippen LogP contribution in [0.4, 0.5) is 5.69 Å². The Balaban J connectivity index is 2.16. The highest BCUT2D eigenvalue weighted by Crippen LogP contribution is 2.19. The summed E-state index contributed by atoms with van der Waals surface area (Å²) in [5, 5.41) is 2.83. The zero-order valence-electron chi connectivity index (χ0n) is 14.9. The van der Waals surface area contributed by atoms with Crippen LogP contribution in [0.2, 0.25) is 0 Å². The van der Waals surface area contributed by atoms with Gasteiger partial charge in [-0.3, -0.25) is 9.59 Å². The molecule has 0 aliphatic heterocycles. The number of hydrogen-bond acceptors (Lipinski definition) is 3. The third-order valence-electron chi connectivity index (χ3n) is 3.95. The first-order chi connectivity index (χ1) is 12.1. The quantitative estimate of drug-likeness (QED) is 0.833. The summed E-state index contributed by atoms with van der Waals surface area (Å²) < 4.78 is 5.09. The van der Waals surface area contributed by atoms with Crippen LogP contribution in [0.5, 0.6) is 5.75 Å². The van der Waals surface area contributed by atoms with Gasteiger partial charge in [-0.1, -0.05) is 25.5 Å². The van der Waals surface area contributed by atoms with Gasteiger partial charge < -0.3 is 15.0 Å². The first kappa shape index (κ1) is 18.5. The van der Waals surface area contributed by atoms with E-state index in [1.165, 1.54) is 0 Å². The average molecular weight is 340 g/mol. The van der Waals surface area contributed by atoms with Crippen molar-refractivity contribution in [3.8, 4) is 5.75 Å². The zero-order valence-corrected chi connectivity index (χ0v) is 14.9. The van der Waals surface area contributed by atoms with Crippen molar-refractivity contribution in [1.82, 2.24) is 4.90 Å². The highest BCUT2D eigenvalue weighted by Gasteiger charge is 2.17. The Bertz CT molecular complexity index is 726. The van der Waals surface area contributed by atoms with Crippen molar-refractivity contribution in [2.45, 2.75) is 19.8 Å². The van der Waals surface area contributed by atoms with Crippen LogP contribution in [0.15, 0.2) is 48.5 Å². The number of nitrogens with zero attached hydrogens (tertiary/aromatic N) is 1. The second-order valence-electron chi connectivity index (χ2n) is 5.81. The van der Waals surface area contributed by atoms with E-state index in [-0.39, 0.29) is 11.8 Å². The Morgan fingerprint density at radius 1 is 1.08 bits per heavy atom. The topological polar surface area (TPSA) is 58.6 Å². The summed E-state index contributed by atoms with van der Waals surface area (Å²) >= 11 is 0. The number of benzene rings is 2. The summed E-state index contributed by atoms with van der Waals surface area (Å²) in [6.45, 7) is 2.78. The van der Waals surface area contributed by atoms with E-state index in [1.807, 2.05) is 0 Å². The van der Waals surface area contributed by atoms with E-state index in [1.54, 1.807) is 67.6 Å². The second kappa shape index (κ2) is 8.87. The summed E-state index contributed by atoms with van der Waals surface area (Å²) in [7, 11) is 3.35. The van der Waals surface area contributed by atoms with Gasteiger partial charge in [0, 0.05) is 19.2 Å². The molecule has 0 fully saturated rings. The number of amides is 2. The Morgan fingerprint density at radius 2 is 1.76 bits per heavy atom. The molecule has 25 heavy (non-hydrogen) atoms. The molecule has 2 amide bonds. The van der Waals surface area contributed by atoms with Crippen LogP contribution < -0.4 is 10.1 Å². The van der Waals surface area contributed by atoms with Gasteiger partial charge in [0.1, 0.15) is 5.75 Å². The molecular formula is C20H24N2O3. The maximum Gasteiger partial charge on any atom is 0.255 e. The van der Waals surface area contributed by atoms with Crippen LogP contribution in [0, 0.1) is 0 Å². The number of methoxy groups -OCH3 is 1. The van der Waals surface area contributed by atoms with Crippen molar-refractivity contribution in [2.24, 2.45) is 0 Å². The van der Waals surface area contributed by atoms with Crippen molar-refractivity contribution in [3.63, 3.8) is 0 Å². The maximum atomic E-state index is 12.6. The predicted octanol–water partition coefficient (Wildman–Crippen LogP) is 3.82. The maximum absolute atomic E-state index is 12.6. The average Bonchev–Trinajstić information content (AvgIpc) is 2.66. The number of unbranched alkanes of at least 4 members (excludes halogenated alkanes) is 1. The van der Waals surface area contributed by atoms with Gasteiger partial charge in [-0.25, -0.2) is 0 Å². The standard InChI is InChI=1S/C20H24N2O3/c1-4-5-14-22(2)20(24)17-8-6-7-9-18(17)21-19(23)15-10-12-16(25-3)13-11-15/h6-13H,4-5,14H2,1-3H3,(H,21,23). The molecule has 5 nitrogen and oxygen atoms in total. The number of hydrogen-bond donors (Lipinski definition) is 1. The fourth-order valence-electron chi connectivity index (χ4n) is 2.42. The fourth-order valence-corrected chi connectivity index (χ4v) is 2.42. The molecule has 0 bridgehead atoms. The summed E-state index contributed by atoms with van der Waals surface area (Å²) in [5.74, 6) is 0.322. The number of para-hydroxylation sites is 1. The molecule has 0 atom stereocenters. The number of anilines is 1. The van der Waals surface area contributed by atoms with E-state index in [9.17, 15) is 9.59 Å². The van der Waals surface area contributed by atoms with E-state index in [2.05, 4.69) is 12.2 Å². The Labute approximate surface area is 148 Å². The van der Waals surface area contributed by atoms with E-state index >= 15 is 0 Å². The van der Waals surface area contributed by atoms with Crippen LogP contribution in [-0.4, -0.2) is 37.4 Å². The molecule has 0 aliphatic rings. The van der Waals surface area contributed by atoms with Gasteiger partial charge in [0.05, 0.1) is 18.4 Å². The molecule has 0 saturated carbocycles. The van der Waals surface area contributed by atoms with Crippen LogP contribution >= 0.6 is 0 Å². The highest BCUT2D eigenvalue weighted by atomic mass is 16.5. The fraction of sp³-hybridized carbons (Fsp3) is 0.300. The SMILES string of the molecule is CCCCN(C)C(=O)c1ccccc1NC(=O)c1ccc(OC)cc1. The van der Waals surface area contributed by atoms with Gasteiger partial charge in [-0.05, 0) is 42.8 Å². The lowest BCUT2D eigenvalue weighted by Gasteiger charge is -2.19. The molecule has 0 radical (unpaired) electrons. The molecule has 0 saturated heterocycles. The summed E-state index contributed by atoms with van der Waals surface area (Å²) in [4.78, 5) is 26.8. The molecule has 2 rings (SSSR count). The first-order valence-electron chi connectivity index (χ1n) is 8.36. The van der Waals surface area contributed by atoms with Crippen LogP contribution in [0.25, 0.3) is 0 Å². The molecule has 0 aliphatic carbocycles. The molecule has 5 heteroatoms. The van der Waals surface area contributed by atoms with Crippen molar-refractivity contribution < 1.29 is 14.3 Å². The van der Waals surface area contributed by atoms with Gasteiger partial charge >= 0.3 is 0 Å². The summed E-state index contributed by atoms with van der Waals surface area (Å²) in [6.07, 6.45) is 1.97. The van der Waals surface area contributed by atoms with Gasteiger partial charge in [0.15, 0.2) is 0 Å². The number of ether oxygens (including phenoxy) is 1. The van der Waals surface area contributed by atoms with Crippen LogP contribution in [0.1, 0.15) is 40.5 Å². The Hall–Kier alpha value is -2.82. The highest BCUT2D eigenvalue weighted by molar-refractivity contribution is 6.09. The molecule has 0 spiro atoms.